The SMILES string of the molecule is C=C(N)c1oc(-c2ccc(OC)c3nc(C(F)(F)F)ccc23)nc1C=O. The second kappa shape index (κ2) is 6.17. The number of methoxy groups -OCH3 is 1. The van der Waals surface area contributed by atoms with E-state index in [4.69, 9.17) is 14.9 Å². The fourth-order valence-electron chi connectivity index (χ4n) is 2.46. The lowest BCUT2D eigenvalue weighted by Crippen LogP contribution is -2.08. The van der Waals surface area contributed by atoms with Crippen molar-refractivity contribution in [2.45, 2.75) is 6.18 Å². The Hall–Kier alpha value is -3.36. The summed E-state index contributed by atoms with van der Waals surface area (Å²) in [7, 11) is 1.32. The van der Waals surface area contributed by atoms with Crippen molar-refractivity contribution in [3.8, 4) is 17.2 Å². The second-order valence-corrected chi connectivity index (χ2v) is 5.28. The first-order chi connectivity index (χ1) is 12.3. The van der Waals surface area contributed by atoms with Gasteiger partial charge in [0.15, 0.2) is 17.7 Å². The van der Waals surface area contributed by atoms with Gasteiger partial charge in [0.25, 0.3) is 0 Å². The summed E-state index contributed by atoms with van der Waals surface area (Å²) in [5.41, 5.74) is 4.76. The molecule has 0 aliphatic heterocycles. The zero-order chi connectivity index (χ0) is 19.1. The lowest BCUT2D eigenvalue weighted by molar-refractivity contribution is -0.140. The number of rotatable bonds is 4. The number of halogens is 3. The maximum Gasteiger partial charge on any atom is 0.433 e. The predicted octanol–water partition coefficient (Wildman–Crippen LogP) is 3.66. The van der Waals surface area contributed by atoms with Gasteiger partial charge in [0.1, 0.15) is 17.0 Å². The molecule has 0 spiro atoms. The van der Waals surface area contributed by atoms with E-state index in [1.807, 2.05) is 0 Å². The number of benzene rings is 1. The Kier molecular flexibility index (Phi) is 4.15. The van der Waals surface area contributed by atoms with E-state index in [0.29, 0.717) is 17.2 Å². The first-order valence-electron chi connectivity index (χ1n) is 7.22. The summed E-state index contributed by atoms with van der Waals surface area (Å²) in [5.74, 6) is 0.155. The van der Waals surface area contributed by atoms with Crippen LogP contribution in [0.1, 0.15) is 21.9 Å². The highest BCUT2D eigenvalue weighted by Crippen LogP contribution is 2.37. The van der Waals surface area contributed by atoms with E-state index >= 15 is 0 Å². The smallest absolute Gasteiger partial charge is 0.433 e. The minimum absolute atomic E-state index is 0.00106. The Balaban J connectivity index is 2.28. The molecule has 0 atom stereocenters. The predicted molar refractivity (Wildman–Crippen MR) is 87.4 cm³/mol. The molecule has 0 unspecified atom stereocenters. The molecular weight excluding hydrogens is 351 g/mol. The molecule has 2 aromatic heterocycles. The van der Waals surface area contributed by atoms with Crippen LogP contribution in [0.15, 0.2) is 35.3 Å². The number of hydrogen-bond donors (Lipinski definition) is 1. The lowest BCUT2D eigenvalue weighted by Gasteiger charge is -2.11. The molecule has 2 N–H and O–H groups in total. The average molecular weight is 363 g/mol. The first-order valence-corrected chi connectivity index (χ1v) is 7.22. The van der Waals surface area contributed by atoms with Gasteiger partial charge in [0.05, 0.1) is 12.8 Å². The van der Waals surface area contributed by atoms with Crippen LogP contribution in [0.4, 0.5) is 13.2 Å². The highest BCUT2D eigenvalue weighted by molar-refractivity contribution is 5.97. The van der Waals surface area contributed by atoms with Crippen LogP contribution in [-0.4, -0.2) is 23.4 Å². The number of hydrogen-bond acceptors (Lipinski definition) is 6. The number of carbonyl (C=O) groups is 1. The fraction of sp³-hybridized carbons (Fsp3) is 0.118. The number of nitrogens with two attached hydrogens (primary N) is 1. The highest BCUT2D eigenvalue weighted by Gasteiger charge is 2.33. The molecule has 0 saturated heterocycles. The van der Waals surface area contributed by atoms with Gasteiger partial charge in [-0.1, -0.05) is 6.58 Å². The topological polar surface area (TPSA) is 91.2 Å². The minimum atomic E-state index is -4.60. The Labute approximate surface area is 145 Å². The lowest BCUT2D eigenvalue weighted by atomic mass is 10.1. The molecule has 134 valence electrons. The van der Waals surface area contributed by atoms with Gasteiger partial charge in [-0.3, -0.25) is 4.79 Å². The molecule has 26 heavy (non-hydrogen) atoms. The van der Waals surface area contributed by atoms with Crippen LogP contribution in [0.2, 0.25) is 0 Å². The molecule has 0 radical (unpaired) electrons. The number of nitrogens with zero attached hydrogens (tertiary/aromatic N) is 2. The monoisotopic (exact) mass is 363 g/mol. The van der Waals surface area contributed by atoms with Crippen molar-refractivity contribution in [2.75, 3.05) is 7.11 Å². The van der Waals surface area contributed by atoms with Crippen molar-refractivity contribution in [1.82, 2.24) is 9.97 Å². The van der Waals surface area contributed by atoms with Crippen molar-refractivity contribution in [2.24, 2.45) is 5.73 Å². The van der Waals surface area contributed by atoms with Crippen molar-refractivity contribution in [3.63, 3.8) is 0 Å². The Morgan fingerprint density at radius 3 is 2.54 bits per heavy atom. The van der Waals surface area contributed by atoms with Crippen LogP contribution >= 0.6 is 0 Å². The number of pyridine rings is 1. The number of ether oxygens (including phenoxy) is 1. The number of aldehydes is 1. The number of fused-ring (bicyclic) bond motifs is 1. The van der Waals surface area contributed by atoms with E-state index in [9.17, 15) is 18.0 Å². The Bertz CT molecular complexity index is 1030. The number of oxazole rings is 1. The Morgan fingerprint density at radius 2 is 2.00 bits per heavy atom. The van der Waals surface area contributed by atoms with Gasteiger partial charge in [0.2, 0.25) is 5.89 Å². The van der Waals surface area contributed by atoms with Crippen LogP contribution in [0.5, 0.6) is 5.75 Å². The van der Waals surface area contributed by atoms with Crippen LogP contribution in [0.3, 0.4) is 0 Å². The van der Waals surface area contributed by atoms with E-state index < -0.39 is 11.9 Å². The van der Waals surface area contributed by atoms with Crippen LogP contribution in [0.25, 0.3) is 28.1 Å². The maximum atomic E-state index is 13.0. The third-order valence-corrected chi connectivity index (χ3v) is 3.62. The second-order valence-electron chi connectivity index (χ2n) is 5.28. The molecule has 3 aromatic rings. The third-order valence-electron chi connectivity index (χ3n) is 3.62. The van der Waals surface area contributed by atoms with Gasteiger partial charge < -0.3 is 14.9 Å². The molecule has 0 aliphatic rings. The third kappa shape index (κ3) is 2.87. The Morgan fingerprint density at radius 1 is 1.27 bits per heavy atom. The summed E-state index contributed by atoms with van der Waals surface area (Å²) in [5, 5.41) is 0.310. The summed E-state index contributed by atoms with van der Waals surface area (Å²) in [6, 6.07) is 5.06. The summed E-state index contributed by atoms with van der Waals surface area (Å²) >= 11 is 0. The van der Waals surface area contributed by atoms with Gasteiger partial charge in [-0.25, -0.2) is 9.97 Å². The molecule has 0 amide bonds. The normalized spacial score (nSPS) is 11.5. The zero-order valence-corrected chi connectivity index (χ0v) is 13.4. The molecule has 0 aliphatic carbocycles. The molecular formula is C17H12F3N3O3. The van der Waals surface area contributed by atoms with Crippen LogP contribution < -0.4 is 10.5 Å². The molecule has 9 heteroatoms. The van der Waals surface area contributed by atoms with Crippen LogP contribution in [-0.2, 0) is 6.18 Å². The largest absolute Gasteiger partial charge is 0.494 e. The van der Waals surface area contributed by atoms with Crippen LogP contribution in [0, 0.1) is 0 Å². The molecule has 0 saturated carbocycles. The van der Waals surface area contributed by atoms with Crippen molar-refractivity contribution < 1.29 is 27.1 Å². The molecule has 1 aromatic carbocycles. The van der Waals surface area contributed by atoms with Crippen molar-refractivity contribution >= 4 is 22.9 Å². The van der Waals surface area contributed by atoms with E-state index in [-0.39, 0.29) is 34.3 Å². The van der Waals surface area contributed by atoms with Gasteiger partial charge in [-0.05, 0) is 24.3 Å². The molecule has 3 rings (SSSR count). The first kappa shape index (κ1) is 17.5. The summed E-state index contributed by atoms with van der Waals surface area (Å²) < 4.78 is 49.5. The van der Waals surface area contributed by atoms with Gasteiger partial charge in [-0.2, -0.15) is 13.2 Å². The number of alkyl halides is 3. The van der Waals surface area contributed by atoms with Gasteiger partial charge >= 0.3 is 6.18 Å². The molecule has 6 nitrogen and oxygen atoms in total. The quantitative estimate of drug-likeness (QED) is 0.712. The fourth-order valence-corrected chi connectivity index (χ4v) is 2.46. The zero-order valence-electron chi connectivity index (χ0n) is 13.4. The van der Waals surface area contributed by atoms with E-state index in [1.165, 1.54) is 19.2 Å². The van der Waals surface area contributed by atoms with E-state index in [2.05, 4.69) is 16.5 Å². The molecule has 0 bridgehead atoms. The molecule has 0 fully saturated rings. The minimum Gasteiger partial charge on any atom is -0.494 e. The highest BCUT2D eigenvalue weighted by atomic mass is 19.4. The molecule has 2 heterocycles. The van der Waals surface area contributed by atoms with Gasteiger partial charge in [0, 0.05) is 10.9 Å². The van der Waals surface area contributed by atoms with Gasteiger partial charge in [-0.15, -0.1) is 0 Å². The van der Waals surface area contributed by atoms with Crippen molar-refractivity contribution in [1.29, 1.82) is 0 Å². The van der Waals surface area contributed by atoms with E-state index in [0.717, 1.165) is 6.07 Å². The summed E-state index contributed by atoms with van der Waals surface area (Å²) in [6.07, 6.45) is -4.15. The average Bonchev–Trinajstić information content (AvgIpc) is 3.04. The summed E-state index contributed by atoms with van der Waals surface area (Å²) in [4.78, 5) is 18.8. The van der Waals surface area contributed by atoms with E-state index in [1.54, 1.807) is 6.07 Å². The number of aromatic nitrogens is 2. The summed E-state index contributed by atoms with van der Waals surface area (Å²) in [6.45, 7) is 3.50. The standard InChI is InChI=1S/C17H12F3N3O3/c1-8(21)15-11(7-24)22-16(26-15)10-3-5-12(25-2)14-9(10)4-6-13(23-14)17(18,19)20/h3-7H,1,21H2,2H3. The maximum absolute atomic E-state index is 13.0. The van der Waals surface area contributed by atoms with Crippen molar-refractivity contribution in [3.05, 3.63) is 48.0 Å². The number of carbonyl (C=O) groups excluding carboxylic acids is 1.